The third-order valence-corrected chi connectivity index (χ3v) is 3.79. The smallest absolute Gasteiger partial charge is 0.251 e. The number of halogens is 1. The summed E-state index contributed by atoms with van der Waals surface area (Å²) in [5.74, 6) is -0.349. The van der Waals surface area contributed by atoms with Crippen molar-refractivity contribution >= 4 is 33.4 Å². The van der Waals surface area contributed by atoms with Gasteiger partial charge in [-0.2, -0.15) is 0 Å². The summed E-state index contributed by atoms with van der Waals surface area (Å²) in [4.78, 5) is 23.9. The molecule has 5 nitrogen and oxygen atoms in total. The van der Waals surface area contributed by atoms with Crippen molar-refractivity contribution in [2.45, 2.75) is 13.0 Å². The molecule has 0 fully saturated rings. The first kappa shape index (κ1) is 18.2. The Morgan fingerprint density at radius 2 is 1.88 bits per heavy atom. The topological polar surface area (TPSA) is 67.4 Å². The monoisotopic (exact) mass is 390 g/mol. The molecule has 0 saturated heterocycles. The minimum atomic E-state index is -0.197. The Labute approximate surface area is 149 Å². The lowest BCUT2D eigenvalue weighted by Crippen LogP contribution is -2.27. The second-order valence-corrected chi connectivity index (χ2v) is 6.11. The second-order valence-electron chi connectivity index (χ2n) is 5.19. The van der Waals surface area contributed by atoms with Crippen LogP contribution in [0.1, 0.15) is 22.3 Å². The summed E-state index contributed by atoms with van der Waals surface area (Å²) < 4.78 is 5.98. The first-order valence-corrected chi connectivity index (χ1v) is 8.29. The van der Waals surface area contributed by atoms with Crippen LogP contribution in [0.4, 0.5) is 5.69 Å². The Bertz CT molecular complexity index is 702. The Morgan fingerprint density at radius 1 is 1.12 bits per heavy atom. The van der Waals surface area contributed by atoms with E-state index in [9.17, 15) is 9.59 Å². The third kappa shape index (κ3) is 5.79. The average Bonchev–Trinajstić information content (AvgIpc) is 2.56. The molecule has 2 amide bonds. The highest BCUT2D eigenvalue weighted by Crippen LogP contribution is 2.12. The lowest BCUT2D eigenvalue weighted by atomic mass is 10.2. The summed E-state index contributed by atoms with van der Waals surface area (Å²) in [6.45, 7) is 0.769. The molecule has 0 saturated carbocycles. The molecule has 0 aromatic heterocycles. The normalized spacial score (nSPS) is 10.2. The molecule has 0 atom stereocenters. The largest absolute Gasteiger partial charge is 0.380 e. The standard InChI is InChI=1S/C18H19BrN2O3/c1-24-12-13-3-2-4-16(11-13)21-17(22)9-10-20-18(23)14-5-7-15(19)8-6-14/h2-8,11H,9-10,12H2,1H3,(H,20,23)(H,21,22). The third-order valence-electron chi connectivity index (χ3n) is 3.27. The van der Waals surface area contributed by atoms with E-state index in [1.165, 1.54) is 0 Å². The van der Waals surface area contributed by atoms with Crippen LogP contribution in [0.5, 0.6) is 0 Å². The first-order chi connectivity index (χ1) is 11.6. The van der Waals surface area contributed by atoms with E-state index in [1.54, 1.807) is 31.4 Å². The van der Waals surface area contributed by atoms with Crippen LogP contribution < -0.4 is 10.6 Å². The van der Waals surface area contributed by atoms with Crippen LogP contribution in [0.15, 0.2) is 53.0 Å². The fourth-order valence-corrected chi connectivity index (χ4v) is 2.39. The van der Waals surface area contributed by atoms with E-state index < -0.39 is 0 Å². The van der Waals surface area contributed by atoms with Gasteiger partial charge in [0.1, 0.15) is 0 Å². The van der Waals surface area contributed by atoms with Crippen LogP contribution in [-0.4, -0.2) is 25.5 Å². The zero-order chi connectivity index (χ0) is 17.4. The Kier molecular flexibility index (Phi) is 6.96. The van der Waals surface area contributed by atoms with Crippen molar-refractivity contribution < 1.29 is 14.3 Å². The fourth-order valence-electron chi connectivity index (χ4n) is 2.12. The molecule has 0 radical (unpaired) electrons. The van der Waals surface area contributed by atoms with E-state index in [-0.39, 0.29) is 24.8 Å². The predicted octanol–water partition coefficient (Wildman–Crippen LogP) is 3.35. The van der Waals surface area contributed by atoms with E-state index in [1.807, 2.05) is 24.3 Å². The highest BCUT2D eigenvalue weighted by Gasteiger charge is 2.07. The molecule has 0 spiro atoms. The van der Waals surface area contributed by atoms with E-state index >= 15 is 0 Å². The summed E-state index contributed by atoms with van der Waals surface area (Å²) in [5.41, 5.74) is 2.26. The van der Waals surface area contributed by atoms with Gasteiger partial charge < -0.3 is 15.4 Å². The number of methoxy groups -OCH3 is 1. The molecule has 24 heavy (non-hydrogen) atoms. The van der Waals surface area contributed by atoms with E-state index in [0.717, 1.165) is 10.0 Å². The molecule has 0 aliphatic carbocycles. The summed E-state index contributed by atoms with van der Waals surface area (Å²) in [6.07, 6.45) is 0.205. The zero-order valence-corrected chi connectivity index (χ0v) is 14.9. The molecule has 0 bridgehead atoms. The van der Waals surface area contributed by atoms with Crippen molar-refractivity contribution in [2.24, 2.45) is 0 Å². The number of nitrogens with one attached hydrogen (secondary N) is 2. The average molecular weight is 391 g/mol. The van der Waals surface area contributed by atoms with Gasteiger partial charge in [0, 0.05) is 35.8 Å². The number of hydrogen-bond acceptors (Lipinski definition) is 3. The number of hydrogen-bond donors (Lipinski definition) is 2. The van der Waals surface area contributed by atoms with Gasteiger partial charge >= 0.3 is 0 Å². The maximum Gasteiger partial charge on any atom is 0.251 e. The number of carbonyl (C=O) groups is 2. The first-order valence-electron chi connectivity index (χ1n) is 7.50. The lowest BCUT2D eigenvalue weighted by molar-refractivity contribution is -0.116. The highest BCUT2D eigenvalue weighted by molar-refractivity contribution is 9.10. The van der Waals surface area contributed by atoms with E-state index in [4.69, 9.17) is 4.74 Å². The SMILES string of the molecule is COCc1cccc(NC(=O)CCNC(=O)c2ccc(Br)cc2)c1. The number of benzene rings is 2. The summed E-state index contributed by atoms with van der Waals surface area (Å²) in [5, 5.41) is 5.54. The van der Waals surface area contributed by atoms with Crippen molar-refractivity contribution in [3.63, 3.8) is 0 Å². The van der Waals surface area contributed by atoms with Crippen LogP contribution in [0.2, 0.25) is 0 Å². The molecular weight excluding hydrogens is 372 g/mol. The number of anilines is 1. The van der Waals surface area contributed by atoms with Crippen LogP contribution in [0.25, 0.3) is 0 Å². The Balaban J connectivity index is 1.78. The van der Waals surface area contributed by atoms with Gasteiger partial charge in [0.15, 0.2) is 0 Å². The van der Waals surface area contributed by atoms with Gasteiger partial charge in [0.2, 0.25) is 5.91 Å². The van der Waals surface area contributed by atoms with Crippen molar-refractivity contribution in [1.29, 1.82) is 0 Å². The summed E-state index contributed by atoms with van der Waals surface area (Å²) in [7, 11) is 1.62. The molecule has 0 heterocycles. The maximum absolute atomic E-state index is 11.9. The van der Waals surface area contributed by atoms with Gasteiger partial charge in [-0.15, -0.1) is 0 Å². The van der Waals surface area contributed by atoms with Crippen molar-refractivity contribution in [1.82, 2.24) is 5.32 Å². The van der Waals surface area contributed by atoms with Gasteiger partial charge in [0.05, 0.1) is 6.61 Å². The van der Waals surface area contributed by atoms with Crippen LogP contribution in [0, 0.1) is 0 Å². The minimum Gasteiger partial charge on any atom is -0.380 e. The molecule has 2 aromatic carbocycles. The molecule has 126 valence electrons. The van der Waals surface area contributed by atoms with Gasteiger partial charge in [0.25, 0.3) is 5.91 Å². The van der Waals surface area contributed by atoms with Gasteiger partial charge in [-0.3, -0.25) is 9.59 Å². The molecule has 0 unspecified atom stereocenters. The van der Waals surface area contributed by atoms with Gasteiger partial charge in [-0.1, -0.05) is 28.1 Å². The molecule has 0 aliphatic heterocycles. The van der Waals surface area contributed by atoms with Crippen molar-refractivity contribution in [3.8, 4) is 0 Å². The highest BCUT2D eigenvalue weighted by atomic mass is 79.9. The van der Waals surface area contributed by atoms with Crippen LogP contribution >= 0.6 is 15.9 Å². The van der Waals surface area contributed by atoms with Crippen molar-refractivity contribution in [3.05, 3.63) is 64.1 Å². The quantitative estimate of drug-likeness (QED) is 0.761. The number of ether oxygens (including phenoxy) is 1. The molecule has 2 aromatic rings. The molecule has 2 rings (SSSR count). The Hall–Kier alpha value is -2.18. The van der Waals surface area contributed by atoms with Crippen molar-refractivity contribution in [2.75, 3.05) is 19.0 Å². The number of amides is 2. The zero-order valence-electron chi connectivity index (χ0n) is 13.3. The Morgan fingerprint density at radius 3 is 2.58 bits per heavy atom. The minimum absolute atomic E-state index is 0.152. The second kappa shape index (κ2) is 9.20. The summed E-state index contributed by atoms with van der Waals surface area (Å²) >= 11 is 3.32. The fraction of sp³-hybridized carbons (Fsp3) is 0.222. The maximum atomic E-state index is 11.9. The molecule has 2 N–H and O–H groups in total. The van der Waals surface area contributed by atoms with Crippen LogP contribution in [-0.2, 0) is 16.1 Å². The summed E-state index contributed by atoms with van der Waals surface area (Å²) in [6, 6.07) is 14.5. The van der Waals surface area contributed by atoms with Crippen LogP contribution in [0.3, 0.4) is 0 Å². The lowest BCUT2D eigenvalue weighted by Gasteiger charge is -2.08. The van der Waals surface area contributed by atoms with E-state index in [2.05, 4.69) is 26.6 Å². The van der Waals surface area contributed by atoms with Gasteiger partial charge in [-0.05, 0) is 42.0 Å². The number of rotatable bonds is 7. The van der Waals surface area contributed by atoms with E-state index in [0.29, 0.717) is 17.9 Å². The van der Waals surface area contributed by atoms with Gasteiger partial charge in [-0.25, -0.2) is 0 Å². The molecular formula is C18H19BrN2O3. The predicted molar refractivity (Wildman–Crippen MR) is 96.9 cm³/mol. The number of carbonyl (C=O) groups excluding carboxylic acids is 2. The molecule has 6 heteroatoms. The molecule has 0 aliphatic rings.